The summed E-state index contributed by atoms with van der Waals surface area (Å²) in [6.45, 7) is 0.0188. The minimum atomic E-state index is 0.0188. The van der Waals surface area contributed by atoms with E-state index in [1.165, 1.54) is 0 Å². The van der Waals surface area contributed by atoms with Crippen LogP contribution in [0.5, 0.6) is 0 Å². The van der Waals surface area contributed by atoms with E-state index in [1.807, 2.05) is 12.1 Å². The average Bonchev–Trinajstić information content (AvgIpc) is 1.88. The molecule has 0 spiro atoms. The van der Waals surface area contributed by atoms with Gasteiger partial charge < -0.3 is 10.8 Å². The van der Waals surface area contributed by atoms with Crippen LogP contribution < -0.4 is 5.73 Å². The lowest BCUT2D eigenvalue weighted by molar-refractivity contribution is 0.281. The minimum absolute atomic E-state index is 0.0188. The summed E-state index contributed by atoms with van der Waals surface area (Å²) in [6, 6.07) is 5.58. The molecule has 0 aliphatic heterocycles. The van der Waals surface area contributed by atoms with E-state index in [2.05, 4.69) is 22.6 Å². The van der Waals surface area contributed by atoms with Gasteiger partial charge in [-0.2, -0.15) is 0 Å². The molecular formula is C7H8INO. The highest BCUT2D eigenvalue weighted by molar-refractivity contribution is 14.1. The second-order valence-corrected chi connectivity index (χ2v) is 3.13. The number of anilines is 1. The summed E-state index contributed by atoms with van der Waals surface area (Å²) in [5.74, 6) is 0. The van der Waals surface area contributed by atoms with Crippen LogP contribution in [0.2, 0.25) is 0 Å². The van der Waals surface area contributed by atoms with E-state index in [0.717, 1.165) is 9.13 Å². The highest BCUT2D eigenvalue weighted by Gasteiger charge is 1.99. The number of halogens is 1. The third-order valence-corrected chi connectivity index (χ3v) is 2.32. The van der Waals surface area contributed by atoms with Gasteiger partial charge in [-0.15, -0.1) is 0 Å². The van der Waals surface area contributed by atoms with Crippen molar-refractivity contribution >= 4 is 28.3 Å². The Balaban J connectivity index is 3.17. The number of benzene rings is 1. The highest BCUT2D eigenvalue weighted by atomic mass is 127. The number of aliphatic hydroxyl groups is 1. The van der Waals surface area contributed by atoms with Crippen LogP contribution in [0, 0.1) is 3.57 Å². The van der Waals surface area contributed by atoms with E-state index in [4.69, 9.17) is 10.8 Å². The third-order valence-electron chi connectivity index (χ3n) is 1.31. The molecule has 0 bridgehead atoms. The third kappa shape index (κ3) is 1.41. The van der Waals surface area contributed by atoms with Crippen molar-refractivity contribution in [3.8, 4) is 0 Å². The zero-order valence-corrected chi connectivity index (χ0v) is 7.50. The molecule has 1 rings (SSSR count). The first-order valence-corrected chi connectivity index (χ1v) is 3.97. The van der Waals surface area contributed by atoms with Crippen LogP contribution >= 0.6 is 22.6 Å². The van der Waals surface area contributed by atoms with Gasteiger partial charge in [0.05, 0.1) is 6.61 Å². The highest BCUT2D eigenvalue weighted by Crippen LogP contribution is 2.18. The van der Waals surface area contributed by atoms with Crippen LogP contribution in [0.25, 0.3) is 0 Å². The van der Waals surface area contributed by atoms with Gasteiger partial charge in [0.2, 0.25) is 0 Å². The summed E-state index contributed by atoms with van der Waals surface area (Å²) in [5.41, 5.74) is 7.05. The number of nitrogens with two attached hydrogens (primary N) is 1. The summed E-state index contributed by atoms with van der Waals surface area (Å²) in [5, 5.41) is 8.81. The first kappa shape index (κ1) is 7.81. The summed E-state index contributed by atoms with van der Waals surface area (Å²) >= 11 is 2.15. The predicted octanol–water partition coefficient (Wildman–Crippen LogP) is 1.37. The first-order chi connectivity index (χ1) is 4.75. The Morgan fingerprint density at radius 2 is 2.20 bits per heavy atom. The fraction of sp³-hybridized carbons (Fsp3) is 0.143. The van der Waals surface area contributed by atoms with Gasteiger partial charge in [0.15, 0.2) is 0 Å². The van der Waals surface area contributed by atoms with Crippen molar-refractivity contribution in [2.45, 2.75) is 6.61 Å². The summed E-state index contributed by atoms with van der Waals surface area (Å²) in [7, 11) is 0. The Morgan fingerprint density at radius 3 is 2.60 bits per heavy atom. The van der Waals surface area contributed by atoms with Gasteiger partial charge in [-0.1, -0.05) is 6.07 Å². The monoisotopic (exact) mass is 249 g/mol. The quantitative estimate of drug-likeness (QED) is 0.583. The maximum absolute atomic E-state index is 8.81. The molecule has 1 aromatic carbocycles. The zero-order valence-electron chi connectivity index (χ0n) is 5.34. The van der Waals surface area contributed by atoms with Gasteiger partial charge in [0, 0.05) is 14.8 Å². The Morgan fingerprint density at radius 1 is 1.50 bits per heavy atom. The Labute approximate surface area is 73.2 Å². The van der Waals surface area contributed by atoms with E-state index < -0.39 is 0 Å². The van der Waals surface area contributed by atoms with E-state index >= 15 is 0 Å². The van der Waals surface area contributed by atoms with Crippen LogP contribution in [0.3, 0.4) is 0 Å². The van der Waals surface area contributed by atoms with Gasteiger partial charge in [0.1, 0.15) is 0 Å². The van der Waals surface area contributed by atoms with E-state index in [-0.39, 0.29) is 6.61 Å². The van der Waals surface area contributed by atoms with Crippen molar-refractivity contribution in [3.63, 3.8) is 0 Å². The molecule has 3 N–H and O–H groups in total. The van der Waals surface area contributed by atoms with E-state index in [9.17, 15) is 0 Å². The molecule has 54 valence electrons. The SMILES string of the molecule is Nc1cccc(I)c1CO. The molecule has 0 unspecified atom stereocenters. The molecule has 0 fully saturated rings. The van der Waals surface area contributed by atoms with Crippen molar-refractivity contribution in [2.24, 2.45) is 0 Å². The van der Waals surface area contributed by atoms with Crippen molar-refractivity contribution in [2.75, 3.05) is 5.73 Å². The lowest BCUT2D eigenvalue weighted by Crippen LogP contribution is -1.95. The molecule has 10 heavy (non-hydrogen) atoms. The molecule has 0 saturated carbocycles. The minimum Gasteiger partial charge on any atom is -0.398 e. The zero-order chi connectivity index (χ0) is 7.56. The van der Waals surface area contributed by atoms with Crippen molar-refractivity contribution in [3.05, 3.63) is 27.3 Å². The normalized spacial score (nSPS) is 9.80. The average molecular weight is 249 g/mol. The number of hydrogen-bond acceptors (Lipinski definition) is 2. The maximum atomic E-state index is 8.81. The molecule has 2 nitrogen and oxygen atoms in total. The molecule has 0 heterocycles. The summed E-state index contributed by atoms with van der Waals surface area (Å²) < 4.78 is 1.01. The molecule has 0 radical (unpaired) electrons. The van der Waals surface area contributed by atoms with Crippen LogP contribution in [0.4, 0.5) is 5.69 Å². The van der Waals surface area contributed by atoms with Gasteiger partial charge >= 0.3 is 0 Å². The first-order valence-electron chi connectivity index (χ1n) is 2.89. The topological polar surface area (TPSA) is 46.2 Å². The standard InChI is InChI=1S/C7H8INO/c8-6-2-1-3-7(9)5(6)4-10/h1-3,10H,4,9H2. The van der Waals surface area contributed by atoms with Gasteiger partial charge in [-0.05, 0) is 34.7 Å². The number of aliphatic hydroxyl groups excluding tert-OH is 1. The molecular weight excluding hydrogens is 241 g/mol. The largest absolute Gasteiger partial charge is 0.398 e. The van der Waals surface area contributed by atoms with Crippen LogP contribution in [-0.4, -0.2) is 5.11 Å². The molecule has 3 heteroatoms. The van der Waals surface area contributed by atoms with E-state index in [0.29, 0.717) is 5.69 Å². The Bertz CT molecular complexity index is 217. The van der Waals surface area contributed by atoms with Gasteiger partial charge in [0.25, 0.3) is 0 Å². The van der Waals surface area contributed by atoms with Crippen molar-refractivity contribution in [1.29, 1.82) is 0 Å². The van der Waals surface area contributed by atoms with Gasteiger partial charge in [-0.25, -0.2) is 0 Å². The van der Waals surface area contributed by atoms with Crippen molar-refractivity contribution in [1.82, 2.24) is 0 Å². The number of nitrogen functional groups attached to an aromatic ring is 1. The van der Waals surface area contributed by atoms with Crippen LogP contribution in [0.1, 0.15) is 5.56 Å². The van der Waals surface area contributed by atoms with Crippen LogP contribution in [0.15, 0.2) is 18.2 Å². The van der Waals surface area contributed by atoms with Gasteiger partial charge in [-0.3, -0.25) is 0 Å². The molecule has 0 atom stereocenters. The van der Waals surface area contributed by atoms with Crippen LogP contribution in [-0.2, 0) is 6.61 Å². The molecule has 1 aromatic rings. The second kappa shape index (κ2) is 3.21. The maximum Gasteiger partial charge on any atom is 0.0712 e. The summed E-state index contributed by atoms with van der Waals surface area (Å²) in [6.07, 6.45) is 0. The summed E-state index contributed by atoms with van der Waals surface area (Å²) in [4.78, 5) is 0. The molecule has 0 amide bonds. The molecule has 0 saturated heterocycles. The predicted molar refractivity (Wildman–Crippen MR) is 49.5 cm³/mol. The Hall–Kier alpha value is -0.290. The fourth-order valence-corrected chi connectivity index (χ4v) is 1.43. The lowest BCUT2D eigenvalue weighted by atomic mass is 10.2. The second-order valence-electron chi connectivity index (χ2n) is 1.97. The lowest BCUT2D eigenvalue weighted by Gasteiger charge is -2.02. The molecule has 0 aromatic heterocycles. The van der Waals surface area contributed by atoms with E-state index in [1.54, 1.807) is 6.07 Å². The fourth-order valence-electron chi connectivity index (χ4n) is 0.742. The molecule has 0 aliphatic rings. The van der Waals surface area contributed by atoms with Crippen molar-refractivity contribution < 1.29 is 5.11 Å². The molecule has 0 aliphatic carbocycles. The number of hydrogen-bond donors (Lipinski definition) is 2. The smallest absolute Gasteiger partial charge is 0.0712 e. The number of rotatable bonds is 1. The Kier molecular flexibility index (Phi) is 2.50.